The van der Waals surface area contributed by atoms with E-state index in [9.17, 15) is 0 Å². The molecule has 0 aliphatic carbocycles. The lowest BCUT2D eigenvalue weighted by Gasteiger charge is -1.96. The van der Waals surface area contributed by atoms with Crippen LogP contribution in [0.3, 0.4) is 0 Å². The summed E-state index contributed by atoms with van der Waals surface area (Å²) >= 11 is 1.65. The number of thiazole rings is 1. The van der Waals surface area contributed by atoms with Crippen molar-refractivity contribution in [2.45, 2.75) is 13.1 Å². The van der Waals surface area contributed by atoms with Gasteiger partial charge in [0, 0.05) is 17.5 Å². The van der Waals surface area contributed by atoms with Crippen LogP contribution in [-0.4, -0.2) is 27.0 Å². The predicted molar refractivity (Wildman–Crippen MR) is 79.4 cm³/mol. The van der Waals surface area contributed by atoms with Crippen LogP contribution in [-0.2, 0) is 13.1 Å². The van der Waals surface area contributed by atoms with Crippen LogP contribution in [0.2, 0.25) is 0 Å². The van der Waals surface area contributed by atoms with Gasteiger partial charge in [0.1, 0.15) is 5.01 Å². The van der Waals surface area contributed by atoms with E-state index in [0.29, 0.717) is 6.54 Å². The zero-order valence-electron chi connectivity index (χ0n) is 11.2. The number of rotatable bonds is 5. The van der Waals surface area contributed by atoms with Gasteiger partial charge in [-0.25, -0.2) is 9.67 Å². The van der Waals surface area contributed by atoms with Crippen LogP contribution >= 0.6 is 11.3 Å². The fourth-order valence-electron chi connectivity index (χ4n) is 1.94. The first-order valence-corrected chi connectivity index (χ1v) is 7.26. The molecule has 5 nitrogen and oxygen atoms in total. The maximum atomic E-state index is 4.65. The molecule has 1 N–H and O–H groups in total. The van der Waals surface area contributed by atoms with Crippen LogP contribution < -0.4 is 5.32 Å². The lowest BCUT2D eigenvalue weighted by molar-refractivity contribution is 0.640. The number of hydrogen-bond acceptors (Lipinski definition) is 5. The van der Waals surface area contributed by atoms with Crippen molar-refractivity contribution in [3.63, 3.8) is 0 Å². The molecule has 6 heteroatoms. The molecule has 0 aliphatic rings. The molecule has 0 fully saturated rings. The topological polar surface area (TPSA) is 55.6 Å². The second kappa shape index (κ2) is 5.94. The van der Waals surface area contributed by atoms with Crippen LogP contribution in [0.4, 0.5) is 0 Å². The molecule has 2 heterocycles. The largest absolute Gasteiger partial charge is 0.314 e. The van der Waals surface area contributed by atoms with Crippen molar-refractivity contribution >= 4 is 11.3 Å². The SMILES string of the molecule is CNCc1cn(Cc2csc(-c3ccccc3)n2)nn1. The Morgan fingerprint density at radius 2 is 2.05 bits per heavy atom. The highest BCUT2D eigenvalue weighted by Crippen LogP contribution is 2.23. The van der Waals surface area contributed by atoms with Gasteiger partial charge in [-0.05, 0) is 7.05 Å². The number of aromatic nitrogens is 4. The summed E-state index contributed by atoms with van der Waals surface area (Å²) in [5.74, 6) is 0. The van der Waals surface area contributed by atoms with Crippen molar-refractivity contribution in [2.24, 2.45) is 0 Å². The van der Waals surface area contributed by atoms with Crippen molar-refractivity contribution in [3.8, 4) is 10.6 Å². The molecule has 0 unspecified atom stereocenters. The van der Waals surface area contributed by atoms with E-state index < -0.39 is 0 Å². The van der Waals surface area contributed by atoms with Gasteiger partial charge in [0.05, 0.1) is 24.1 Å². The van der Waals surface area contributed by atoms with Crippen molar-refractivity contribution < 1.29 is 0 Å². The number of hydrogen-bond donors (Lipinski definition) is 1. The van der Waals surface area contributed by atoms with Crippen molar-refractivity contribution in [3.05, 3.63) is 53.3 Å². The Morgan fingerprint density at radius 3 is 2.85 bits per heavy atom. The van der Waals surface area contributed by atoms with E-state index in [0.717, 1.165) is 28.5 Å². The molecule has 0 spiro atoms. The number of benzene rings is 1. The number of nitrogens with one attached hydrogen (secondary N) is 1. The average molecular weight is 285 g/mol. The molecule has 0 amide bonds. The van der Waals surface area contributed by atoms with Gasteiger partial charge >= 0.3 is 0 Å². The van der Waals surface area contributed by atoms with Gasteiger partial charge in [0.15, 0.2) is 0 Å². The fraction of sp³-hybridized carbons (Fsp3) is 0.214. The molecule has 0 bridgehead atoms. The zero-order valence-corrected chi connectivity index (χ0v) is 12.0. The van der Waals surface area contributed by atoms with Crippen molar-refractivity contribution in [2.75, 3.05) is 7.05 Å². The monoisotopic (exact) mass is 285 g/mol. The summed E-state index contributed by atoms with van der Waals surface area (Å²) in [4.78, 5) is 4.65. The van der Waals surface area contributed by atoms with Gasteiger partial charge in [-0.15, -0.1) is 16.4 Å². The van der Waals surface area contributed by atoms with E-state index in [1.54, 1.807) is 11.3 Å². The van der Waals surface area contributed by atoms with E-state index in [2.05, 4.69) is 38.1 Å². The van der Waals surface area contributed by atoms with E-state index in [1.807, 2.05) is 36.1 Å². The second-order valence-electron chi connectivity index (χ2n) is 4.45. The summed E-state index contributed by atoms with van der Waals surface area (Å²) in [6, 6.07) is 10.2. The molecule has 0 saturated heterocycles. The van der Waals surface area contributed by atoms with Gasteiger partial charge in [-0.2, -0.15) is 0 Å². The van der Waals surface area contributed by atoms with E-state index in [-0.39, 0.29) is 0 Å². The molecule has 20 heavy (non-hydrogen) atoms. The van der Waals surface area contributed by atoms with Crippen LogP contribution in [0, 0.1) is 0 Å². The van der Waals surface area contributed by atoms with Gasteiger partial charge < -0.3 is 5.32 Å². The second-order valence-corrected chi connectivity index (χ2v) is 5.31. The Balaban J connectivity index is 1.73. The summed E-state index contributed by atoms with van der Waals surface area (Å²) in [5.41, 5.74) is 3.10. The van der Waals surface area contributed by atoms with Crippen LogP contribution in [0.25, 0.3) is 10.6 Å². The minimum atomic E-state index is 0.653. The Hall–Kier alpha value is -2.05. The maximum Gasteiger partial charge on any atom is 0.123 e. The summed E-state index contributed by atoms with van der Waals surface area (Å²) in [7, 11) is 1.89. The van der Waals surface area contributed by atoms with E-state index in [4.69, 9.17) is 0 Å². The standard InChI is InChI=1S/C14H15N5S/c1-15-7-12-8-19(18-17-12)9-13-10-20-14(16-13)11-5-3-2-4-6-11/h2-6,8,10,15H,7,9H2,1H3. The zero-order chi connectivity index (χ0) is 13.8. The first-order valence-electron chi connectivity index (χ1n) is 6.38. The summed E-state index contributed by atoms with van der Waals surface area (Å²) in [6.45, 7) is 1.38. The first kappa shape index (κ1) is 13.0. The third-order valence-electron chi connectivity index (χ3n) is 2.84. The molecule has 1 aromatic carbocycles. The Kier molecular flexibility index (Phi) is 3.85. The van der Waals surface area contributed by atoms with Crippen molar-refractivity contribution in [1.82, 2.24) is 25.3 Å². The molecule has 2 aromatic heterocycles. The smallest absolute Gasteiger partial charge is 0.123 e. The summed E-state index contributed by atoms with van der Waals surface area (Å²) in [5, 5.41) is 14.4. The average Bonchev–Trinajstić information content (AvgIpc) is 3.11. The van der Waals surface area contributed by atoms with E-state index in [1.165, 1.54) is 0 Å². The third kappa shape index (κ3) is 2.92. The Bertz CT molecular complexity index is 674. The van der Waals surface area contributed by atoms with E-state index >= 15 is 0 Å². The summed E-state index contributed by atoms with van der Waals surface area (Å²) < 4.78 is 1.82. The van der Waals surface area contributed by atoms with Crippen LogP contribution in [0.1, 0.15) is 11.4 Å². The first-order chi connectivity index (χ1) is 9.85. The Morgan fingerprint density at radius 1 is 1.20 bits per heavy atom. The van der Waals surface area contributed by atoms with Crippen LogP contribution in [0.5, 0.6) is 0 Å². The minimum Gasteiger partial charge on any atom is -0.314 e. The highest BCUT2D eigenvalue weighted by Gasteiger charge is 2.06. The molecule has 0 atom stereocenters. The minimum absolute atomic E-state index is 0.653. The maximum absolute atomic E-state index is 4.65. The molecule has 102 valence electrons. The molecule has 0 radical (unpaired) electrons. The van der Waals surface area contributed by atoms with Gasteiger partial charge in [-0.3, -0.25) is 0 Å². The molecule has 0 saturated carbocycles. The van der Waals surface area contributed by atoms with Gasteiger partial charge in [0.25, 0.3) is 0 Å². The molecular formula is C14H15N5S. The molecule has 3 rings (SSSR count). The highest BCUT2D eigenvalue weighted by atomic mass is 32.1. The third-order valence-corrected chi connectivity index (χ3v) is 3.78. The van der Waals surface area contributed by atoms with Gasteiger partial charge in [-0.1, -0.05) is 35.5 Å². The van der Waals surface area contributed by atoms with Crippen LogP contribution in [0.15, 0.2) is 41.9 Å². The predicted octanol–water partition coefficient (Wildman–Crippen LogP) is 2.17. The fourth-order valence-corrected chi connectivity index (χ4v) is 2.75. The highest BCUT2D eigenvalue weighted by molar-refractivity contribution is 7.13. The summed E-state index contributed by atoms with van der Waals surface area (Å²) in [6.07, 6.45) is 1.94. The number of nitrogens with zero attached hydrogens (tertiary/aromatic N) is 4. The van der Waals surface area contributed by atoms with Gasteiger partial charge in [0.2, 0.25) is 0 Å². The normalized spacial score (nSPS) is 10.8. The van der Waals surface area contributed by atoms with Crippen molar-refractivity contribution in [1.29, 1.82) is 0 Å². The lowest BCUT2D eigenvalue weighted by Crippen LogP contribution is -2.05. The molecule has 0 aliphatic heterocycles. The lowest BCUT2D eigenvalue weighted by atomic mass is 10.2. The molecular weight excluding hydrogens is 270 g/mol. The quantitative estimate of drug-likeness (QED) is 0.780. The molecule has 3 aromatic rings. The Labute approximate surface area is 121 Å².